The normalized spacial score (nSPS) is 11.4. The number of amides is 2. The topological polar surface area (TPSA) is 58.2 Å². The first-order chi connectivity index (χ1) is 12.3. The largest absolute Gasteiger partial charge is 0.471 e. The van der Waals surface area contributed by atoms with Crippen LogP contribution in [0.3, 0.4) is 0 Å². The van der Waals surface area contributed by atoms with Crippen LogP contribution in [0.15, 0.2) is 54.6 Å². The summed E-state index contributed by atoms with van der Waals surface area (Å²) in [6, 6.07) is 13.8. The minimum absolute atomic E-state index is 0.328. The van der Waals surface area contributed by atoms with Gasteiger partial charge in [-0.15, -0.1) is 0 Å². The molecule has 7 heteroatoms. The summed E-state index contributed by atoms with van der Waals surface area (Å²) in [5.41, 5.74) is 2.58. The Kier molecular flexibility index (Phi) is 6.16. The summed E-state index contributed by atoms with van der Waals surface area (Å²) in [5.74, 6) is -2.46. The molecule has 136 valence electrons. The fourth-order valence-electron chi connectivity index (χ4n) is 2.19. The van der Waals surface area contributed by atoms with E-state index in [9.17, 15) is 22.8 Å². The van der Waals surface area contributed by atoms with Crippen LogP contribution >= 0.6 is 0 Å². The summed E-state index contributed by atoms with van der Waals surface area (Å²) < 4.78 is 36.8. The highest BCUT2D eigenvalue weighted by Gasteiger charge is 2.38. The number of halogens is 3. The molecule has 0 fully saturated rings. The monoisotopic (exact) mass is 362 g/mol. The maximum Gasteiger partial charge on any atom is 0.471 e. The number of rotatable bonds is 5. The molecule has 2 aromatic carbocycles. The van der Waals surface area contributed by atoms with Gasteiger partial charge in [0.15, 0.2) is 0 Å². The zero-order valence-electron chi connectivity index (χ0n) is 13.9. The van der Waals surface area contributed by atoms with Crippen LogP contribution in [0.1, 0.15) is 16.7 Å². The number of hydrogen-bond donors (Lipinski definition) is 2. The molecule has 2 aromatic rings. The number of aryl methyl sites for hydroxylation is 1. The SMILES string of the molecule is Cc1ccccc1/C=C/C(=O)Nc1ccccc1CNC(=O)C(F)(F)F. The molecule has 4 nitrogen and oxygen atoms in total. The fourth-order valence-corrected chi connectivity index (χ4v) is 2.19. The van der Waals surface area contributed by atoms with Gasteiger partial charge in [0.1, 0.15) is 0 Å². The summed E-state index contributed by atoms with van der Waals surface area (Å²) >= 11 is 0. The Bertz CT molecular complexity index is 830. The van der Waals surface area contributed by atoms with Crippen LogP contribution in [-0.4, -0.2) is 18.0 Å². The number of nitrogens with one attached hydrogen (secondary N) is 2. The van der Waals surface area contributed by atoms with Crippen LogP contribution in [0.5, 0.6) is 0 Å². The van der Waals surface area contributed by atoms with E-state index in [2.05, 4.69) is 5.32 Å². The van der Waals surface area contributed by atoms with Gasteiger partial charge < -0.3 is 10.6 Å². The molecular weight excluding hydrogens is 345 g/mol. The van der Waals surface area contributed by atoms with Crippen LogP contribution in [0, 0.1) is 6.92 Å². The first-order valence-corrected chi connectivity index (χ1v) is 7.75. The van der Waals surface area contributed by atoms with Gasteiger partial charge in [0.2, 0.25) is 5.91 Å². The van der Waals surface area contributed by atoms with Crippen LogP contribution in [0.2, 0.25) is 0 Å². The van der Waals surface area contributed by atoms with Crippen LogP contribution in [0.4, 0.5) is 18.9 Å². The molecule has 0 aliphatic heterocycles. The Labute approximate surface area is 148 Å². The summed E-state index contributed by atoms with van der Waals surface area (Å²) in [7, 11) is 0. The third-order valence-electron chi connectivity index (χ3n) is 3.57. The van der Waals surface area contributed by atoms with E-state index in [1.807, 2.05) is 31.2 Å². The molecule has 0 aliphatic carbocycles. The molecule has 0 aromatic heterocycles. The van der Waals surface area contributed by atoms with E-state index in [-0.39, 0.29) is 6.54 Å². The van der Waals surface area contributed by atoms with Crippen molar-refractivity contribution in [1.29, 1.82) is 0 Å². The lowest BCUT2D eigenvalue weighted by molar-refractivity contribution is -0.173. The molecule has 0 heterocycles. The summed E-state index contributed by atoms with van der Waals surface area (Å²) in [6.07, 6.45) is -1.96. The van der Waals surface area contributed by atoms with Crippen molar-refractivity contribution in [1.82, 2.24) is 5.32 Å². The Morgan fingerprint density at radius 2 is 1.69 bits per heavy atom. The van der Waals surface area contributed by atoms with Crippen LogP contribution in [-0.2, 0) is 16.1 Å². The van der Waals surface area contributed by atoms with E-state index in [4.69, 9.17) is 0 Å². The highest BCUT2D eigenvalue weighted by atomic mass is 19.4. The Morgan fingerprint density at radius 3 is 2.38 bits per heavy atom. The zero-order chi connectivity index (χ0) is 19.2. The smallest absolute Gasteiger partial charge is 0.344 e. The van der Waals surface area contributed by atoms with E-state index in [1.165, 1.54) is 12.1 Å². The highest BCUT2D eigenvalue weighted by molar-refractivity contribution is 6.02. The quantitative estimate of drug-likeness (QED) is 0.795. The standard InChI is InChI=1S/C19H17F3N2O2/c1-13-6-2-3-7-14(13)10-11-17(25)24-16-9-5-4-8-15(16)12-23-18(26)19(20,21)22/h2-11H,12H2,1H3,(H,23,26)(H,24,25)/b11-10+. The Hall–Kier alpha value is -3.09. The second-order valence-electron chi connectivity index (χ2n) is 5.52. The number of anilines is 1. The number of alkyl halides is 3. The van der Waals surface area contributed by atoms with Crippen molar-refractivity contribution in [3.05, 3.63) is 71.3 Å². The van der Waals surface area contributed by atoms with E-state index in [0.29, 0.717) is 11.3 Å². The van der Waals surface area contributed by atoms with E-state index < -0.39 is 18.0 Å². The molecule has 2 amide bonds. The van der Waals surface area contributed by atoms with Gasteiger partial charge in [-0.05, 0) is 35.8 Å². The number of para-hydroxylation sites is 1. The van der Waals surface area contributed by atoms with Crippen molar-refractivity contribution in [2.45, 2.75) is 19.6 Å². The first-order valence-electron chi connectivity index (χ1n) is 7.75. The number of benzene rings is 2. The number of hydrogen-bond acceptors (Lipinski definition) is 2. The van der Waals surface area contributed by atoms with Gasteiger partial charge in [-0.2, -0.15) is 13.2 Å². The average Bonchev–Trinajstić information content (AvgIpc) is 2.59. The van der Waals surface area contributed by atoms with Gasteiger partial charge in [0, 0.05) is 18.3 Å². The third-order valence-corrected chi connectivity index (χ3v) is 3.57. The lowest BCUT2D eigenvalue weighted by atomic mass is 10.1. The van der Waals surface area contributed by atoms with Crippen LogP contribution in [0.25, 0.3) is 6.08 Å². The van der Waals surface area contributed by atoms with Gasteiger partial charge in [-0.3, -0.25) is 9.59 Å². The van der Waals surface area contributed by atoms with Crippen molar-refractivity contribution in [2.24, 2.45) is 0 Å². The molecule has 0 spiro atoms. The first kappa shape index (κ1) is 19.2. The molecule has 0 saturated carbocycles. The van der Waals surface area contributed by atoms with Gasteiger partial charge in [-0.25, -0.2) is 0 Å². The van der Waals surface area contributed by atoms with Gasteiger partial charge in [0.05, 0.1) is 0 Å². The number of carbonyl (C=O) groups excluding carboxylic acids is 2. The minimum Gasteiger partial charge on any atom is -0.344 e. The van der Waals surface area contributed by atoms with Crippen LogP contribution < -0.4 is 10.6 Å². The maximum absolute atomic E-state index is 12.3. The summed E-state index contributed by atoms with van der Waals surface area (Å²) in [4.78, 5) is 23.0. The highest BCUT2D eigenvalue weighted by Crippen LogP contribution is 2.18. The maximum atomic E-state index is 12.3. The van der Waals surface area contributed by atoms with E-state index >= 15 is 0 Å². The van der Waals surface area contributed by atoms with Crippen molar-refractivity contribution in [3.8, 4) is 0 Å². The summed E-state index contributed by atoms with van der Waals surface area (Å²) in [5, 5.41) is 4.39. The molecule has 0 saturated heterocycles. The second-order valence-corrected chi connectivity index (χ2v) is 5.52. The summed E-state index contributed by atoms with van der Waals surface area (Å²) in [6.45, 7) is 1.56. The molecular formula is C19H17F3N2O2. The fraction of sp³-hybridized carbons (Fsp3) is 0.158. The average molecular weight is 362 g/mol. The minimum atomic E-state index is -4.95. The lowest BCUT2D eigenvalue weighted by Gasteiger charge is -2.12. The predicted molar refractivity (Wildman–Crippen MR) is 93.2 cm³/mol. The molecule has 2 rings (SSSR count). The van der Waals surface area contributed by atoms with E-state index in [1.54, 1.807) is 29.6 Å². The lowest BCUT2D eigenvalue weighted by Crippen LogP contribution is -2.36. The van der Waals surface area contributed by atoms with Gasteiger partial charge in [-0.1, -0.05) is 42.5 Å². The zero-order valence-corrected chi connectivity index (χ0v) is 13.9. The molecule has 26 heavy (non-hydrogen) atoms. The predicted octanol–water partition coefficient (Wildman–Crippen LogP) is 3.83. The molecule has 2 N–H and O–H groups in total. The second kappa shape index (κ2) is 8.33. The molecule has 0 atom stereocenters. The molecule has 0 unspecified atom stereocenters. The van der Waals surface area contributed by atoms with Gasteiger partial charge >= 0.3 is 12.1 Å². The van der Waals surface area contributed by atoms with Crippen molar-refractivity contribution >= 4 is 23.6 Å². The third kappa shape index (κ3) is 5.47. The Morgan fingerprint density at radius 1 is 1.04 bits per heavy atom. The van der Waals surface area contributed by atoms with Gasteiger partial charge in [0.25, 0.3) is 0 Å². The van der Waals surface area contributed by atoms with Crippen molar-refractivity contribution in [2.75, 3.05) is 5.32 Å². The number of carbonyl (C=O) groups is 2. The molecule has 0 radical (unpaired) electrons. The molecule has 0 aliphatic rings. The van der Waals surface area contributed by atoms with Crippen molar-refractivity contribution in [3.63, 3.8) is 0 Å². The Balaban J connectivity index is 2.04. The molecule has 0 bridgehead atoms. The van der Waals surface area contributed by atoms with E-state index in [0.717, 1.165) is 11.1 Å². The van der Waals surface area contributed by atoms with Crippen molar-refractivity contribution < 1.29 is 22.8 Å².